The molecule has 10 nitrogen and oxygen atoms in total. The zero-order valence-corrected chi connectivity index (χ0v) is 23.0. The molecule has 1 atom stereocenters. The average molecular weight is 571 g/mol. The molecule has 3 aromatic carbocycles. The molecule has 0 aromatic heterocycles. The Morgan fingerprint density at radius 3 is 2.33 bits per heavy atom. The number of sulfonamides is 1. The van der Waals surface area contributed by atoms with E-state index in [-0.39, 0.29) is 29.9 Å². The average Bonchev–Trinajstić information content (AvgIpc) is 2.93. The molecule has 0 radical (unpaired) electrons. The first kappa shape index (κ1) is 30.2. The molecule has 0 saturated carbocycles. The lowest BCUT2D eigenvalue weighted by Gasteiger charge is -2.33. The van der Waals surface area contributed by atoms with E-state index in [2.05, 4.69) is 5.32 Å². The molecule has 0 saturated heterocycles. The first-order valence-corrected chi connectivity index (χ1v) is 14.4. The Bertz CT molecular complexity index is 1450. The van der Waals surface area contributed by atoms with E-state index >= 15 is 0 Å². The highest BCUT2D eigenvalue weighted by atomic mass is 32.2. The number of amides is 2. The number of carbonyl (C=O) groups excluding carboxylic acids is 2. The topological polar surface area (TPSA) is 130 Å². The molecule has 0 heterocycles. The van der Waals surface area contributed by atoms with E-state index in [1.807, 2.05) is 6.92 Å². The number of non-ortho nitro benzene ring substituents is 1. The Morgan fingerprint density at radius 2 is 1.70 bits per heavy atom. The summed E-state index contributed by atoms with van der Waals surface area (Å²) in [6, 6.07) is 18.5. The number of hydrogen-bond acceptors (Lipinski definition) is 6. The van der Waals surface area contributed by atoms with E-state index in [0.717, 1.165) is 27.1 Å². The lowest BCUT2D eigenvalue weighted by atomic mass is 10.0. The third kappa shape index (κ3) is 8.09. The standard InChI is InChI=1S/C28H31FN4O6S/c1-3-16-30-28(35)26(17-21-10-5-4-6-11-21)31(19-22-12-7-8-15-25(22)29)27(34)20-32(40(2,38)39)23-13-9-14-24(18-23)33(36)37/h4-15,18,26H,3,16-17,19-20H2,1-2H3,(H,30,35)/t26-/m0/s1. The van der Waals surface area contributed by atoms with Crippen LogP contribution < -0.4 is 9.62 Å². The molecule has 1 N–H and O–H groups in total. The molecule has 0 aliphatic heterocycles. The first-order valence-electron chi connectivity index (χ1n) is 12.6. The summed E-state index contributed by atoms with van der Waals surface area (Å²) < 4.78 is 41.0. The Labute approximate surface area is 232 Å². The van der Waals surface area contributed by atoms with Gasteiger partial charge in [-0.05, 0) is 24.1 Å². The third-order valence-corrected chi connectivity index (χ3v) is 7.27. The molecule has 0 fully saturated rings. The predicted octanol–water partition coefficient (Wildman–Crippen LogP) is 3.67. The van der Waals surface area contributed by atoms with Crippen molar-refractivity contribution in [1.29, 1.82) is 0 Å². The highest BCUT2D eigenvalue weighted by Gasteiger charge is 2.33. The number of nitro benzene ring substituents is 1. The van der Waals surface area contributed by atoms with Gasteiger partial charge in [0.15, 0.2) is 0 Å². The Balaban J connectivity index is 2.07. The van der Waals surface area contributed by atoms with E-state index in [9.17, 15) is 32.5 Å². The van der Waals surface area contributed by atoms with Crippen molar-refractivity contribution in [2.75, 3.05) is 23.7 Å². The van der Waals surface area contributed by atoms with E-state index in [4.69, 9.17) is 0 Å². The van der Waals surface area contributed by atoms with E-state index in [1.54, 1.807) is 36.4 Å². The Kier molecular flexibility index (Phi) is 10.3. The Hall–Kier alpha value is -4.32. The van der Waals surface area contributed by atoms with Gasteiger partial charge in [-0.3, -0.25) is 24.0 Å². The van der Waals surface area contributed by atoms with Crippen LogP contribution >= 0.6 is 0 Å². The van der Waals surface area contributed by atoms with Crippen LogP contribution in [0.5, 0.6) is 0 Å². The highest BCUT2D eigenvalue weighted by molar-refractivity contribution is 7.92. The van der Waals surface area contributed by atoms with Gasteiger partial charge >= 0.3 is 0 Å². The molecule has 40 heavy (non-hydrogen) atoms. The van der Waals surface area contributed by atoms with Crippen LogP contribution in [0.15, 0.2) is 78.9 Å². The van der Waals surface area contributed by atoms with Crippen molar-refractivity contribution in [3.05, 3.63) is 106 Å². The predicted molar refractivity (Wildman–Crippen MR) is 149 cm³/mol. The van der Waals surface area contributed by atoms with Crippen LogP contribution in [0.25, 0.3) is 0 Å². The fourth-order valence-electron chi connectivity index (χ4n) is 4.11. The summed E-state index contributed by atoms with van der Waals surface area (Å²) in [6.07, 6.45) is 1.60. The zero-order chi connectivity index (χ0) is 29.3. The molecule has 3 rings (SSSR count). The molecule has 12 heteroatoms. The quantitative estimate of drug-likeness (QED) is 0.247. The third-order valence-electron chi connectivity index (χ3n) is 6.13. The van der Waals surface area contributed by atoms with Crippen molar-refractivity contribution in [3.8, 4) is 0 Å². The van der Waals surface area contributed by atoms with Gasteiger partial charge in [0.2, 0.25) is 21.8 Å². The maximum atomic E-state index is 14.7. The summed E-state index contributed by atoms with van der Waals surface area (Å²) in [5, 5.41) is 14.1. The molecule has 0 spiro atoms. The first-order chi connectivity index (χ1) is 19.0. The molecule has 0 aliphatic carbocycles. The second-order valence-corrected chi connectivity index (χ2v) is 11.1. The maximum absolute atomic E-state index is 14.7. The minimum atomic E-state index is -4.10. The number of nitrogens with one attached hydrogen (secondary N) is 1. The highest BCUT2D eigenvalue weighted by Crippen LogP contribution is 2.24. The van der Waals surface area contributed by atoms with E-state index < -0.39 is 45.2 Å². The molecule has 2 amide bonds. The number of nitrogens with zero attached hydrogens (tertiary/aromatic N) is 3. The minimum absolute atomic E-state index is 0.0895. The zero-order valence-electron chi connectivity index (χ0n) is 22.2. The van der Waals surface area contributed by atoms with Crippen LogP contribution in [0.3, 0.4) is 0 Å². The normalized spacial score (nSPS) is 11.9. The number of hydrogen-bond donors (Lipinski definition) is 1. The van der Waals surface area contributed by atoms with Crippen molar-refractivity contribution in [3.63, 3.8) is 0 Å². The summed E-state index contributed by atoms with van der Waals surface area (Å²) in [6.45, 7) is 1.14. The van der Waals surface area contributed by atoms with Gasteiger partial charge in [-0.25, -0.2) is 12.8 Å². The van der Waals surface area contributed by atoms with Crippen LogP contribution in [-0.4, -0.2) is 55.4 Å². The SMILES string of the molecule is CCCNC(=O)[C@H](Cc1ccccc1)N(Cc1ccccc1F)C(=O)CN(c1cccc([N+](=O)[O-])c1)S(C)(=O)=O. The molecular formula is C28H31FN4O6S. The largest absolute Gasteiger partial charge is 0.354 e. The smallest absolute Gasteiger partial charge is 0.271 e. The van der Waals surface area contributed by atoms with Gasteiger partial charge in [0.05, 0.1) is 16.9 Å². The Morgan fingerprint density at radius 1 is 1.02 bits per heavy atom. The number of nitro groups is 1. The van der Waals surface area contributed by atoms with Gasteiger partial charge in [-0.2, -0.15) is 0 Å². The summed E-state index contributed by atoms with van der Waals surface area (Å²) >= 11 is 0. The minimum Gasteiger partial charge on any atom is -0.354 e. The van der Waals surface area contributed by atoms with Crippen LogP contribution in [-0.2, 0) is 32.6 Å². The summed E-state index contributed by atoms with van der Waals surface area (Å²) in [5.74, 6) is -1.85. The number of carbonyl (C=O) groups is 2. The van der Waals surface area contributed by atoms with Gasteiger partial charge in [-0.15, -0.1) is 0 Å². The van der Waals surface area contributed by atoms with Gasteiger partial charge in [0.1, 0.15) is 18.4 Å². The van der Waals surface area contributed by atoms with Crippen molar-refractivity contribution >= 4 is 33.2 Å². The molecule has 0 aliphatic rings. The van der Waals surface area contributed by atoms with Crippen LogP contribution in [0, 0.1) is 15.9 Å². The van der Waals surface area contributed by atoms with Crippen molar-refractivity contribution in [1.82, 2.24) is 10.2 Å². The molecule has 0 bridgehead atoms. The van der Waals surface area contributed by atoms with Gasteiger partial charge < -0.3 is 10.2 Å². The maximum Gasteiger partial charge on any atom is 0.271 e. The summed E-state index contributed by atoms with van der Waals surface area (Å²) in [7, 11) is -4.10. The van der Waals surface area contributed by atoms with E-state index in [0.29, 0.717) is 13.0 Å². The van der Waals surface area contributed by atoms with Crippen molar-refractivity contribution < 1.29 is 27.3 Å². The lowest BCUT2D eigenvalue weighted by molar-refractivity contribution is -0.384. The molecule has 0 unspecified atom stereocenters. The summed E-state index contributed by atoms with van der Waals surface area (Å²) in [4.78, 5) is 39.1. The van der Waals surface area contributed by atoms with Gasteiger partial charge in [0.25, 0.3) is 5.69 Å². The number of rotatable bonds is 13. The second kappa shape index (κ2) is 13.7. The fraction of sp³-hybridized carbons (Fsp3) is 0.286. The molecular weight excluding hydrogens is 539 g/mol. The number of anilines is 1. The van der Waals surface area contributed by atoms with Crippen molar-refractivity contribution in [2.45, 2.75) is 32.4 Å². The monoisotopic (exact) mass is 570 g/mol. The number of benzene rings is 3. The number of halogens is 1. The molecule has 3 aromatic rings. The van der Waals surface area contributed by atoms with Gasteiger partial charge in [-0.1, -0.05) is 61.5 Å². The molecule has 212 valence electrons. The van der Waals surface area contributed by atoms with Gasteiger partial charge in [0, 0.05) is 37.2 Å². The lowest BCUT2D eigenvalue weighted by Crippen LogP contribution is -2.53. The fourth-order valence-corrected chi connectivity index (χ4v) is 4.95. The summed E-state index contributed by atoms with van der Waals surface area (Å²) in [5.41, 5.74) is 0.427. The van der Waals surface area contributed by atoms with Crippen molar-refractivity contribution in [2.24, 2.45) is 0 Å². The van der Waals surface area contributed by atoms with E-state index in [1.165, 1.54) is 36.4 Å². The van der Waals surface area contributed by atoms with Crippen LogP contribution in [0.4, 0.5) is 15.8 Å². The van der Waals surface area contributed by atoms with Crippen LogP contribution in [0.1, 0.15) is 24.5 Å². The second-order valence-electron chi connectivity index (χ2n) is 9.16. The van der Waals surface area contributed by atoms with Crippen LogP contribution in [0.2, 0.25) is 0 Å².